The van der Waals surface area contributed by atoms with Crippen molar-refractivity contribution in [2.45, 2.75) is 37.8 Å². The van der Waals surface area contributed by atoms with Crippen molar-refractivity contribution in [2.24, 2.45) is 0 Å². The molecular formula is C24H23ClN12O. The quantitative estimate of drug-likeness (QED) is 0.322. The van der Waals surface area contributed by atoms with Gasteiger partial charge in [-0.1, -0.05) is 11.6 Å². The molecule has 6 rings (SSSR count). The number of halogens is 1. The highest BCUT2D eigenvalue weighted by Crippen LogP contribution is 2.26. The number of nitriles is 1. The van der Waals surface area contributed by atoms with Gasteiger partial charge in [0.15, 0.2) is 23.0 Å². The first-order chi connectivity index (χ1) is 18.5. The van der Waals surface area contributed by atoms with Crippen molar-refractivity contribution in [3.63, 3.8) is 0 Å². The first-order valence-corrected chi connectivity index (χ1v) is 12.6. The molecule has 1 aliphatic heterocycles. The largest absolute Gasteiger partial charge is 0.366 e. The Hall–Kier alpha value is -4.57. The van der Waals surface area contributed by atoms with Gasteiger partial charge < -0.3 is 20.9 Å². The zero-order chi connectivity index (χ0) is 26.1. The lowest BCUT2D eigenvalue weighted by Gasteiger charge is -2.33. The maximum atomic E-state index is 12.3. The summed E-state index contributed by atoms with van der Waals surface area (Å²) in [6.45, 7) is 1.57. The summed E-state index contributed by atoms with van der Waals surface area (Å²) in [6.07, 6.45) is 6.97. The Morgan fingerprint density at radius 3 is 2.66 bits per heavy atom. The molecule has 5 heterocycles. The Balaban J connectivity index is 1.09. The van der Waals surface area contributed by atoms with E-state index >= 15 is 0 Å². The van der Waals surface area contributed by atoms with Crippen LogP contribution < -0.4 is 20.9 Å². The van der Waals surface area contributed by atoms with Gasteiger partial charge in [0.25, 0.3) is 5.91 Å². The highest BCUT2D eigenvalue weighted by atomic mass is 35.5. The first-order valence-electron chi connectivity index (χ1n) is 12.3. The number of hydrogen-bond donors (Lipinski definition) is 3. The molecule has 0 radical (unpaired) electrons. The molecule has 1 amide bonds. The Morgan fingerprint density at radius 2 is 1.92 bits per heavy atom. The average Bonchev–Trinajstić information content (AvgIpc) is 3.65. The number of amides is 1. The van der Waals surface area contributed by atoms with Crippen LogP contribution in [0.25, 0.3) is 5.65 Å². The fourth-order valence-electron chi connectivity index (χ4n) is 4.19. The Bertz CT molecular complexity index is 1520. The number of carbonyl (C=O) groups excluding carboxylic acids is 1. The highest BCUT2D eigenvalue weighted by Gasteiger charge is 2.26. The third-order valence-corrected chi connectivity index (χ3v) is 6.65. The monoisotopic (exact) mass is 530 g/mol. The molecule has 1 saturated heterocycles. The number of aromatic nitrogens is 7. The topological polar surface area (TPSA) is 162 Å². The fraction of sp³-hybridized carbons (Fsp3) is 0.333. The van der Waals surface area contributed by atoms with Gasteiger partial charge in [0.2, 0.25) is 11.8 Å². The molecule has 4 aromatic rings. The van der Waals surface area contributed by atoms with E-state index in [9.17, 15) is 4.79 Å². The summed E-state index contributed by atoms with van der Waals surface area (Å²) < 4.78 is 1.55. The molecule has 2 aliphatic rings. The molecule has 0 atom stereocenters. The predicted molar refractivity (Wildman–Crippen MR) is 139 cm³/mol. The minimum absolute atomic E-state index is 0.139. The lowest BCUT2D eigenvalue weighted by molar-refractivity contribution is 0.0941. The van der Waals surface area contributed by atoms with Crippen LogP contribution in [-0.2, 0) is 0 Å². The van der Waals surface area contributed by atoms with E-state index in [2.05, 4.69) is 51.1 Å². The van der Waals surface area contributed by atoms with Crippen molar-refractivity contribution in [2.75, 3.05) is 28.6 Å². The maximum absolute atomic E-state index is 12.3. The van der Waals surface area contributed by atoms with Gasteiger partial charge in [-0.3, -0.25) is 4.79 Å². The van der Waals surface area contributed by atoms with Gasteiger partial charge >= 0.3 is 0 Å². The van der Waals surface area contributed by atoms with Crippen molar-refractivity contribution in [1.82, 2.24) is 40.1 Å². The normalized spacial score (nSPS) is 15.7. The molecule has 14 heteroatoms. The highest BCUT2D eigenvalue weighted by molar-refractivity contribution is 6.32. The summed E-state index contributed by atoms with van der Waals surface area (Å²) in [6, 6.07) is 9.46. The van der Waals surface area contributed by atoms with E-state index in [1.54, 1.807) is 35.1 Å². The first kappa shape index (κ1) is 23.8. The number of nitrogens with zero attached hydrogens (tertiary/aromatic N) is 9. The minimum atomic E-state index is -0.266. The molecule has 1 aliphatic carbocycles. The predicted octanol–water partition coefficient (Wildman–Crippen LogP) is 2.55. The van der Waals surface area contributed by atoms with Crippen molar-refractivity contribution in [1.29, 1.82) is 5.26 Å². The zero-order valence-corrected chi connectivity index (χ0v) is 20.9. The van der Waals surface area contributed by atoms with E-state index in [4.69, 9.17) is 16.9 Å². The summed E-state index contributed by atoms with van der Waals surface area (Å²) in [4.78, 5) is 27.6. The van der Waals surface area contributed by atoms with Crippen molar-refractivity contribution in [3.8, 4) is 6.07 Å². The van der Waals surface area contributed by atoms with Gasteiger partial charge in [-0.25, -0.2) is 14.5 Å². The number of anilines is 4. The second kappa shape index (κ2) is 10.1. The molecular weight excluding hydrogens is 508 g/mol. The van der Waals surface area contributed by atoms with Crippen LogP contribution in [0, 0.1) is 11.3 Å². The Kier molecular flexibility index (Phi) is 6.30. The molecule has 3 N–H and O–H groups in total. The maximum Gasteiger partial charge on any atom is 0.291 e. The zero-order valence-electron chi connectivity index (χ0n) is 20.2. The van der Waals surface area contributed by atoms with Crippen LogP contribution >= 0.6 is 11.6 Å². The molecule has 13 nitrogen and oxygen atoms in total. The lowest BCUT2D eigenvalue weighted by Crippen LogP contribution is -2.39. The van der Waals surface area contributed by atoms with Crippen LogP contribution in [0.1, 0.15) is 42.0 Å². The van der Waals surface area contributed by atoms with Crippen molar-refractivity contribution >= 4 is 46.4 Å². The third-order valence-electron chi connectivity index (χ3n) is 6.38. The van der Waals surface area contributed by atoms with Crippen LogP contribution in [0.4, 0.5) is 23.3 Å². The van der Waals surface area contributed by atoms with Gasteiger partial charge in [-0.2, -0.15) is 10.2 Å². The Morgan fingerprint density at radius 1 is 1.08 bits per heavy atom. The number of fused-ring (bicyclic) bond motifs is 1. The smallest absolute Gasteiger partial charge is 0.291 e. The van der Waals surface area contributed by atoms with Gasteiger partial charge in [0, 0.05) is 43.1 Å². The molecule has 1 saturated carbocycles. The number of pyridine rings is 1. The number of piperidine rings is 1. The van der Waals surface area contributed by atoms with Gasteiger partial charge in [-0.05, 0) is 43.9 Å². The van der Waals surface area contributed by atoms with Gasteiger partial charge in [0.05, 0.1) is 6.20 Å². The van der Waals surface area contributed by atoms with Crippen LogP contribution in [0.5, 0.6) is 0 Å². The molecule has 0 unspecified atom stereocenters. The molecule has 0 bridgehead atoms. The molecule has 0 spiro atoms. The standard InChI is InChI=1S/C24H23ClN12O/c25-18-13-27-24(30-16-7-10-37-20(11-16)31-22(35-37)23(38)29-14-1-2-14)32-21(18)28-15-5-8-36(9-6-15)19-4-3-17(12-26)33-34-19/h3-4,7,10-11,13-15H,1-2,5-6,8-9H2,(H,29,38)(H2,27,28,30,32). The number of hydrogen-bond acceptors (Lipinski definition) is 11. The van der Waals surface area contributed by atoms with Crippen molar-refractivity contribution < 1.29 is 4.79 Å². The van der Waals surface area contributed by atoms with E-state index in [1.807, 2.05) is 12.1 Å². The van der Waals surface area contributed by atoms with E-state index in [0.717, 1.165) is 44.6 Å². The average molecular weight is 531 g/mol. The number of carbonyl (C=O) groups is 1. The second-order valence-electron chi connectivity index (χ2n) is 9.21. The number of rotatable bonds is 7. The van der Waals surface area contributed by atoms with E-state index in [0.29, 0.717) is 33.8 Å². The lowest BCUT2D eigenvalue weighted by atomic mass is 10.1. The summed E-state index contributed by atoms with van der Waals surface area (Å²) >= 11 is 6.39. The summed E-state index contributed by atoms with van der Waals surface area (Å²) in [5.41, 5.74) is 1.53. The molecule has 2 fully saturated rings. The molecule has 38 heavy (non-hydrogen) atoms. The summed E-state index contributed by atoms with van der Waals surface area (Å²) in [5.74, 6) is 1.55. The SMILES string of the molecule is N#Cc1ccc(N2CCC(Nc3nc(Nc4ccn5nc(C(=O)NC6CC6)nc5c4)ncc3Cl)CC2)nn1. The van der Waals surface area contributed by atoms with E-state index in [1.165, 1.54) is 0 Å². The van der Waals surface area contributed by atoms with E-state index < -0.39 is 0 Å². The van der Waals surface area contributed by atoms with Crippen LogP contribution in [0.15, 0.2) is 36.7 Å². The molecule has 192 valence electrons. The minimum Gasteiger partial charge on any atom is -0.366 e. The number of nitrogens with one attached hydrogen (secondary N) is 3. The van der Waals surface area contributed by atoms with Crippen LogP contribution in [0.2, 0.25) is 5.02 Å². The Labute approximate surface area is 222 Å². The molecule has 4 aromatic heterocycles. The fourth-order valence-corrected chi connectivity index (χ4v) is 4.34. The van der Waals surface area contributed by atoms with Gasteiger partial charge in [-0.15, -0.1) is 15.3 Å². The third kappa shape index (κ3) is 5.25. The summed E-state index contributed by atoms with van der Waals surface area (Å²) in [5, 5.41) is 31.1. The van der Waals surface area contributed by atoms with Crippen molar-refractivity contribution in [3.05, 3.63) is 53.2 Å². The van der Waals surface area contributed by atoms with Crippen LogP contribution in [-0.4, -0.2) is 65.8 Å². The molecule has 0 aromatic carbocycles. The summed E-state index contributed by atoms with van der Waals surface area (Å²) in [7, 11) is 0. The second-order valence-corrected chi connectivity index (χ2v) is 9.62. The van der Waals surface area contributed by atoms with Gasteiger partial charge in [0.1, 0.15) is 11.1 Å². The van der Waals surface area contributed by atoms with E-state index in [-0.39, 0.29) is 23.8 Å². The van der Waals surface area contributed by atoms with Crippen LogP contribution in [0.3, 0.4) is 0 Å².